The Labute approximate surface area is 88.6 Å². The van der Waals surface area contributed by atoms with E-state index >= 15 is 0 Å². The molecule has 6 heteroatoms. The highest BCUT2D eigenvalue weighted by Crippen LogP contribution is 2.03. The third-order valence-corrected chi connectivity index (χ3v) is 0.512. The Balaban J connectivity index is -0.0000000419. The zero-order valence-corrected chi connectivity index (χ0v) is 9.49. The molecule has 0 aliphatic rings. The van der Waals surface area contributed by atoms with Crippen LogP contribution in [0, 0.1) is 0 Å². The molecule has 0 aromatic heterocycles. The Morgan fingerprint density at radius 1 is 1.17 bits per heavy atom. The number of aliphatic hydroxyl groups is 2. The number of hydrogen-bond donors (Lipinski definition) is 2. The summed E-state index contributed by atoms with van der Waals surface area (Å²) < 4.78 is -0.750. The van der Waals surface area contributed by atoms with Crippen molar-refractivity contribution in [2.75, 3.05) is 13.7 Å². The van der Waals surface area contributed by atoms with Gasteiger partial charge in [0.25, 0.3) is 0 Å². The standard InChI is InChI=1S/C4H10O.CHCl3.CH4O.H2O/c1-2-3-4-5;2-1(3)4;1-2;/h5H,2-4H2,1H3;1H;2H,1H3;1H2. The van der Waals surface area contributed by atoms with Gasteiger partial charge in [0.15, 0.2) is 4.30 Å². The SMILES string of the molecule is CCCCO.CO.ClC(Cl)Cl.O. The fourth-order valence-corrected chi connectivity index (χ4v) is 0.158. The summed E-state index contributed by atoms with van der Waals surface area (Å²) in [6, 6.07) is 0. The maximum Gasteiger partial charge on any atom is 0.180 e. The van der Waals surface area contributed by atoms with Gasteiger partial charge in [-0.15, -0.1) is 0 Å². The number of rotatable bonds is 2. The Hall–Kier alpha value is 0.750. The quantitative estimate of drug-likeness (QED) is 0.722. The minimum Gasteiger partial charge on any atom is -0.412 e. The first-order chi connectivity index (χ1) is 5.15. The Kier molecular flexibility index (Phi) is 57.1. The van der Waals surface area contributed by atoms with Gasteiger partial charge in [0.1, 0.15) is 0 Å². The van der Waals surface area contributed by atoms with Crippen LogP contribution in [0.25, 0.3) is 0 Å². The molecule has 12 heavy (non-hydrogen) atoms. The number of alkyl halides is 3. The van der Waals surface area contributed by atoms with Gasteiger partial charge in [-0.2, -0.15) is 0 Å². The molecule has 0 heterocycles. The van der Waals surface area contributed by atoms with E-state index in [0.29, 0.717) is 6.61 Å². The molecule has 0 aliphatic carbocycles. The van der Waals surface area contributed by atoms with E-state index in [1.807, 2.05) is 0 Å². The molecule has 0 bridgehead atoms. The number of aliphatic hydroxyl groups excluding tert-OH is 2. The van der Waals surface area contributed by atoms with Crippen LogP contribution in [0.4, 0.5) is 0 Å². The second kappa shape index (κ2) is 29.8. The van der Waals surface area contributed by atoms with Crippen LogP contribution in [0.1, 0.15) is 19.8 Å². The van der Waals surface area contributed by atoms with E-state index in [4.69, 9.17) is 45.0 Å². The van der Waals surface area contributed by atoms with Crippen LogP contribution in [0.3, 0.4) is 0 Å². The molecule has 0 rings (SSSR count). The van der Waals surface area contributed by atoms with Gasteiger partial charge in [-0.1, -0.05) is 48.1 Å². The lowest BCUT2D eigenvalue weighted by molar-refractivity contribution is 0.287. The van der Waals surface area contributed by atoms with Gasteiger partial charge in [-0.25, -0.2) is 0 Å². The predicted molar refractivity (Wildman–Crippen MR) is 55.1 cm³/mol. The molecular formula is C6H17Cl3O3. The molecule has 80 valence electrons. The molecule has 0 atom stereocenters. The van der Waals surface area contributed by atoms with Crippen molar-refractivity contribution < 1.29 is 15.7 Å². The third-order valence-electron chi connectivity index (χ3n) is 0.512. The van der Waals surface area contributed by atoms with Crippen LogP contribution in [0.5, 0.6) is 0 Å². The van der Waals surface area contributed by atoms with Crippen molar-refractivity contribution in [2.45, 2.75) is 24.1 Å². The molecule has 0 aliphatic heterocycles. The summed E-state index contributed by atoms with van der Waals surface area (Å²) in [7, 11) is 1.00. The van der Waals surface area contributed by atoms with Crippen LogP contribution < -0.4 is 0 Å². The third kappa shape index (κ3) is 135. The highest BCUT2D eigenvalue weighted by atomic mass is 35.6. The zero-order chi connectivity index (χ0) is 9.70. The van der Waals surface area contributed by atoms with Gasteiger partial charge in [0, 0.05) is 13.7 Å². The zero-order valence-electron chi connectivity index (χ0n) is 7.23. The van der Waals surface area contributed by atoms with Crippen molar-refractivity contribution in [2.24, 2.45) is 0 Å². The fraction of sp³-hybridized carbons (Fsp3) is 1.00. The summed E-state index contributed by atoms with van der Waals surface area (Å²) in [6.45, 7) is 2.40. The molecular weight excluding hydrogens is 226 g/mol. The van der Waals surface area contributed by atoms with E-state index in [1.165, 1.54) is 0 Å². The van der Waals surface area contributed by atoms with E-state index in [9.17, 15) is 0 Å². The molecule has 0 radical (unpaired) electrons. The summed E-state index contributed by atoms with van der Waals surface area (Å²) in [4.78, 5) is 0. The fourth-order valence-electron chi connectivity index (χ4n) is 0.158. The van der Waals surface area contributed by atoms with Crippen molar-refractivity contribution in [1.82, 2.24) is 0 Å². The van der Waals surface area contributed by atoms with Gasteiger partial charge in [-0.05, 0) is 6.42 Å². The van der Waals surface area contributed by atoms with E-state index in [0.717, 1.165) is 20.0 Å². The minimum absolute atomic E-state index is 0. The van der Waals surface area contributed by atoms with Crippen LogP contribution in [-0.4, -0.2) is 33.7 Å². The van der Waals surface area contributed by atoms with Crippen molar-refractivity contribution >= 4 is 34.8 Å². The second-order valence-electron chi connectivity index (χ2n) is 1.32. The van der Waals surface area contributed by atoms with E-state index in [-0.39, 0.29) is 5.48 Å². The number of halogens is 3. The lowest BCUT2D eigenvalue weighted by Crippen LogP contribution is -1.75. The normalized spacial score (nSPS) is 7.00. The predicted octanol–water partition coefficient (Wildman–Crippen LogP) is 1.55. The maximum atomic E-state index is 8.07. The molecule has 4 N–H and O–H groups in total. The molecule has 3 nitrogen and oxygen atoms in total. The largest absolute Gasteiger partial charge is 0.412 e. The Morgan fingerprint density at radius 3 is 1.42 bits per heavy atom. The van der Waals surface area contributed by atoms with Crippen molar-refractivity contribution in [1.29, 1.82) is 0 Å². The van der Waals surface area contributed by atoms with Crippen molar-refractivity contribution in [3.8, 4) is 0 Å². The first-order valence-electron chi connectivity index (χ1n) is 3.13. The minimum atomic E-state index is -0.750. The summed E-state index contributed by atoms with van der Waals surface area (Å²) in [6.07, 6.45) is 2.04. The van der Waals surface area contributed by atoms with Crippen LogP contribution in [0.2, 0.25) is 0 Å². The monoisotopic (exact) mass is 242 g/mol. The number of unbranched alkanes of at least 4 members (excludes halogenated alkanes) is 1. The first-order valence-corrected chi connectivity index (χ1v) is 4.43. The summed E-state index contributed by atoms with van der Waals surface area (Å²) in [5.41, 5.74) is 0. The molecule has 0 aromatic carbocycles. The maximum absolute atomic E-state index is 8.07. The highest BCUT2D eigenvalue weighted by molar-refractivity contribution is 6.63. The average molecular weight is 244 g/mol. The average Bonchev–Trinajstić information content (AvgIpc) is 1.93. The van der Waals surface area contributed by atoms with Crippen molar-refractivity contribution in [3.05, 3.63) is 0 Å². The number of hydrogen-bond acceptors (Lipinski definition) is 2. The molecule has 0 amide bonds. The molecule has 0 saturated carbocycles. The van der Waals surface area contributed by atoms with E-state index < -0.39 is 4.30 Å². The van der Waals surface area contributed by atoms with Gasteiger partial charge < -0.3 is 15.7 Å². The molecule has 0 spiro atoms. The van der Waals surface area contributed by atoms with Gasteiger partial charge >= 0.3 is 0 Å². The van der Waals surface area contributed by atoms with Crippen LogP contribution in [0.15, 0.2) is 0 Å². The Bertz CT molecular complexity index is 42.3. The van der Waals surface area contributed by atoms with Crippen LogP contribution in [-0.2, 0) is 0 Å². The molecule has 0 unspecified atom stereocenters. The van der Waals surface area contributed by atoms with Gasteiger partial charge in [-0.3, -0.25) is 0 Å². The lowest BCUT2D eigenvalue weighted by Gasteiger charge is -1.79. The summed E-state index contributed by atoms with van der Waals surface area (Å²) in [5, 5.41) is 15.1. The first kappa shape index (κ1) is 23.0. The second-order valence-corrected chi connectivity index (χ2v) is 3.30. The summed E-state index contributed by atoms with van der Waals surface area (Å²) >= 11 is 14.4. The molecule has 0 saturated heterocycles. The van der Waals surface area contributed by atoms with Crippen molar-refractivity contribution in [3.63, 3.8) is 0 Å². The Morgan fingerprint density at radius 2 is 1.42 bits per heavy atom. The highest BCUT2D eigenvalue weighted by Gasteiger charge is 1.78. The van der Waals surface area contributed by atoms with Gasteiger partial charge in [0.2, 0.25) is 0 Å². The topological polar surface area (TPSA) is 72.0 Å². The molecule has 0 aromatic rings. The van der Waals surface area contributed by atoms with E-state index in [1.54, 1.807) is 0 Å². The van der Waals surface area contributed by atoms with Crippen LogP contribution >= 0.6 is 34.8 Å². The van der Waals surface area contributed by atoms with Gasteiger partial charge in [0.05, 0.1) is 0 Å². The van der Waals surface area contributed by atoms with E-state index in [2.05, 4.69) is 6.92 Å². The lowest BCUT2D eigenvalue weighted by atomic mass is 10.4. The molecule has 0 fully saturated rings. The summed E-state index contributed by atoms with van der Waals surface area (Å²) in [5.74, 6) is 0. The smallest absolute Gasteiger partial charge is 0.180 e.